The van der Waals surface area contributed by atoms with Crippen LogP contribution in [0.15, 0.2) is 59.1 Å². The molecule has 0 aliphatic heterocycles. The van der Waals surface area contributed by atoms with Crippen LogP contribution in [0.4, 0.5) is 5.69 Å². The first-order valence-corrected chi connectivity index (χ1v) is 8.33. The monoisotopic (exact) mass is 370 g/mol. The molecule has 1 aromatic heterocycles. The highest BCUT2D eigenvalue weighted by Gasteiger charge is 2.18. The van der Waals surface area contributed by atoms with E-state index in [2.05, 4.69) is 21.2 Å². The molecule has 4 heteroatoms. The van der Waals surface area contributed by atoms with Crippen molar-refractivity contribution in [2.24, 2.45) is 0 Å². The van der Waals surface area contributed by atoms with E-state index in [-0.39, 0.29) is 6.61 Å². The van der Waals surface area contributed by atoms with E-state index >= 15 is 0 Å². The van der Waals surface area contributed by atoms with Crippen LogP contribution in [0.5, 0.6) is 0 Å². The largest absolute Gasteiger partial charge is 0.394 e. The Morgan fingerprint density at radius 2 is 1.78 bits per heavy atom. The highest BCUT2D eigenvalue weighted by Crippen LogP contribution is 2.30. The minimum absolute atomic E-state index is 0.0528. The van der Waals surface area contributed by atoms with Crippen LogP contribution >= 0.6 is 15.9 Å². The van der Waals surface area contributed by atoms with Crippen LogP contribution in [-0.4, -0.2) is 22.2 Å². The van der Waals surface area contributed by atoms with Crippen molar-refractivity contribution in [3.63, 3.8) is 0 Å². The van der Waals surface area contributed by atoms with E-state index in [0.717, 1.165) is 32.3 Å². The third kappa shape index (κ3) is 3.54. The second kappa shape index (κ2) is 6.30. The molecule has 0 aliphatic rings. The van der Waals surface area contributed by atoms with Gasteiger partial charge in [-0.05, 0) is 38.1 Å². The summed E-state index contributed by atoms with van der Waals surface area (Å²) in [5.74, 6) is 0. The summed E-state index contributed by atoms with van der Waals surface area (Å²) >= 11 is 3.46. The minimum Gasteiger partial charge on any atom is -0.394 e. The lowest BCUT2D eigenvalue weighted by Gasteiger charge is -2.26. The van der Waals surface area contributed by atoms with E-state index in [1.807, 2.05) is 68.4 Å². The number of rotatable bonds is 4. The zero-order chi connectivity index (χ0) is 16.4. The fourth-order valence-corrected chi connectivity index (χ4v) is 2.72. The van der Waals surface area contributed by atoms with Gasteiger partial charge in [0.05, 0.1) is 23.4 Å². The Morgan fingerprint density at radius 3 is 2.48 bits per heavy atom. The number of para-hydroxylation sites is 1. The molecule has 118 valence electrons. The number of pyridine rings is 1. The lowest BCUT2D eigenvalue weighted by Crippen LogP contribution is -2.35. The van der Waals surface area contributed by atoms with Gasteiger partial charge in [-0.25, -0.2) is 4.98 Å². The lowest BCUT2D eigenvalue weighted by atomic mass is 10.0. The van der Waals surface area contributed by atoms with Gasteiger partial charge < -0.3 is 10.4 Å². The molecular weight excluding hydrogens is 352 g/mol. The van der Waals surface area contributed by atoms with E-state index in [1.54, 1.807) is 0 Å². The molecule has 0 bridgehead atoms. The van der Waals surface area contributed by atoms with E-state index in [0.29, 0.717) is 0 Å². The predicted molar refractivity (Wildman–Crippen MR) is 99.7 cm³/mol. The van der Waals surface area contributed by atoms with Crippen molar-refractivity contribution in [3.8, 4) is 11.3 Å². The quantitative estimate of drug-likeness (QED) is 0.689. The summed E-state index contributed by atoms with van der Waals surface area (Å²) in [5.41, 5.74) is 3.48. The number of aliphatic hydroxyl groups is 1. The third-order valence-electron chi connectivity index (χ3n) is 3.72. The molecule has 2 aromatic carbocycles. The van der Waals surface area contributed by atoms with Gasteiger partial charge in [-0.3, -0.25) is 0 Å². The summed E-state index contributed by atoms with van der Waals surface area (Å²) in [4.78, 5) is 4.77. The smallest absolute Gasteiger partial charge is 0.0730 e. The molecule has 1 heterocycles. The molecule has 0 fully saturated rings. The van der Waals surface area contributed by atoms with Crippen LogP contribution in [0.2, 0.25) is 0 Å². The molecule has 2 N–H and O–H groups in total. The molecule has 0 saturated heterocycles. The van der Waals surface area contributed by atoms with Gasteiger partial charge >= 0.3 is 0 Å². The molecule has 3 aromatic rings. The summed E-state index contributed by atoms with van der Waals surface area (Å²) < 4.78 is 1.04. The number of hydrogen-bond donors (Lipinski definition) is 2. The fourth-order valence-electron chi connectivity index (χ4n) is 2.45. The Balaban J connectivity index is 2.15. The van der Waals surface area contributed by atoms with Gasteiger partial charge in [0.2, 0.25) is 0 Å². The summed E-state index contributed by atoms with van der Waals surface area (Å²) in [5, 5.41) is 14.0. The number of fused-ring (bicyclic) bond motifs is 1. The Hall–Kier alpha value is -1.91. The molecule has 0 amide bonds. The van der Waals surface area contributed by atoms with Gasteiger partial charge in [-0.15, -0.1) is 0 Å². The number of halogens is 1. The van der Waals surface area contributed by atoms with E-state index < -0.39 is 5.54 Å². The average molecular weight is 371 g/mol. The van der Waals surface area contributed by atoms with Gasteiger partial charge in [0.1, 0.15) is 0 Å². The second-order valence-corrected chi connectivity index (χ2v) is 7.16. The SMILES string of the molecule is CC(C)(CO)Nc1cc(-c2ccc(Br)cc2)nc2ccccc12. The third-order valence-corrected chi connectivity index (χ3v) is 4.25. The number of nitrogens with one attached hydrogen (secondary N) is 1. The highest BCUT2D eigenvalue weighted by atomic mass is 79.9. The van der Waals surface area contributed by atoms with Crippen molar-refractivity contribution in [2.75, 3.05) is 11.9 Å². The summed E-state index contributed by atoms with van der Waals surface area (Å²) in [6, 6.07) is 18.2. The zero-order valence-electron chi connectivity index (χ0n) is 13.2. The molecule has 0 spiro atoms. The number of aromatic nitrogens is 1. The Kier molecular flexibility index (Phi) is 4.37. The number of nitrogens with zero attached hydrogens (tertiary/aromatic N) is 1. The molecule has 0 radical (unpaired) electrons. The lowest BCUT2D eigenvalue weighted by molar-refractivity contribution is 0.234. The van der Waals surface area contributed by atoms with Gasteiger partial charge in [0.25, 0.3) is 0 Å². The maximum Gasteiger partial charge on any atom is 0.0730 e. The zero-order valence-corrected chi connectivity index (χ0v) is 14.8. The molecule has 0 aliphatic carbocycles. The molecule has 3 nitrogen and oxygen atoms in total. The summed E-state index contributed by atoms with van der Waals surface area (Å²) in [6.07, 6.45) is 0. The van der Waals surface area contributed by atoms with Crippen LogP contribution in [0.3, 0.4) is 0 Å². The Labute approximate surface area is 144 Å². The van der Waals surface area contributed by atoms with E-state index in [1.165, 1.54) is 0 Å². The van der Waals surface area contributed by atoms with Crippen molar-refractivity contribution >= 4 is 32.5 Å². The normalized spacial score (nSPS) is 11.7. The van der Waals surface area contributed by atoms with Crippen molar-refractivity contribution in [2.45, 2.75) is 19.4 Å². The van der Waals surface area contributed by atoms with Gasteiger partial charge in [0, 0.05) is 21.1 Å². The maximum absolute atomic E-state index is 9.56. The van der Waals surface area contributed by atoms with Crippen molar-refractivity contribution in [3.05, 3.63) is 59.1 Å². The molecule has 0 atom stereocenters. The van der Waals surface area contributed by atoms with E-state index in [4.69, 9.17) is 4.98 Å². The number of anilines is 1. The predicted octanol–water partition coefficient (Wildman–Crippen LogP) is 4.85. The minimum atomic E-state index is -0.402. The Bertz CT molecular complexity index is 828. The van der Waals surface area contributed by atoms with Gasteiger partial charge in [-0.2, -0.15) is 0 Å². The van der Waals surface area contributed by atoms with Crippen LogP contribution in [0, 0.1) is 0 Å². The first-order chi connectivity index (χ1) is 11.0. The topological polar surface area (TPSA) is 45.1 Å². The van der Waals surface area contributed by atoms with Crippen molar-refractivity contribution in [1.29, 1.82) is 0 Å². The number of hydrogen-bond acceptors (Lipinski definition) is 3. The van der Waals surface area contributed by atoms with Crippen molar-refractivity contribution < 1.29 is 5.11 Å². The average Bonchev–Trinajstić information content (AvgIpc) is 2.55. The molecule has 23 heavy (non-hydrogen) atoms. The van der Waals surface area contributed by atoms with Crippen LogP contribution < -0.4 is 5.32 Å². The van der Waals surface area contributed by atoms with Gasteiger partial charge in [0.15, 0.2) is 0 Å². The first kappa shape index (κ1) is 16.0. The standard InChI is InChI=1S/C19H19BrN2O/c1-19(2,12-23)22-18-11-17(13-7-9-14(20)10-8-13)21-16-6-4-3-5-15(16)18/h3-11,23H,12H2,1-2H3,(H,21,22). The fraction of sp³-hybridized carbons (Fsp3) is 0.211. The molecule has 0 unspecified atom stereocenters. The number of benzene rings is 2. The first-order valence-electron chi connectivity index (χ1n) is 7.53. The number of aliphatic hydroxyl groups excluding tert-OH is 1. The van der Waals surface area contributed by atoms with Gasteiger partial charge in [-0.1, -0.05) is 46.3 Å². The maximum atomic E-state index is 9.56. The van der Waals surface area contributed by atoms with Crippen LogP contribution in [0.1, 0.15) is 13.8 Å². The van der Waals surface area contributed by atoms with Crippen LogP contribution in [-0.2, 0) is 0 Å². The van der Waals surface area contributed by atoms with Crippen molar-refractivity contribution in [1.82, 2.24) is 4.98 Å². The highest BCUT2D eigenvalue weighted by molar-refractivity contribution is 9.10. The second-order valence-electron chi connectivity index (χ2n) is 6.25. The molecular formula is C19H19BrN2O. The Morgan fingerprint density at radius 1 is 1.09 bits per heavy atom. The van der Waals surface area contributed by atoms with Crippen LogP contribution in [0.25, 0.3) is 22.2 Å². The van der Waals surface area contributed by atoms with E-state index in [9.17, 15) is 5.11 Å². The molecule has 0 saturated carbocycles. The molecule has 3 rings (SSSR count). The summed E-state index contributed by atoms with van der Waals surface area (Å²) in [6.45, 7) is 4.00. The summed E-state index contributed by atoms with van der Waals surface area (Å²) in [7, 11) is 0.